The molecule has 7 heteroatoms. The highest BCUT2D eigenvalue weighted by Gasteiger charge is 2.48. The van der Waals surface area contributed by atoms with Gasteiger partial charge >= 0.3 is 0 Å². The molecule has 0 saturated carbocycles. The van der Waals surface area contributed by atoms with Gasteiger partial charge in [-0.25, -0.2) is 0 Å². The van der Waals surface area contributed by atoms with E-state index < -0.39 is 12.1 Å². The lowest BCUT2D eigenvalue weighted by Gasteiger charge is -2.47. The van der Waals surface area contributed by atoms with Gasteiger partial charge in [0.05, 0.1) is 19.8 Å². The van der Waals surface area contributed by atoms with Gasteiger partial charge in [-0.05, 0) is 41.8 Å². The molecule has 1 N–H and O–H groups in total. The highest BCUT2D eigenvalue weighted by atomic mass is 16.5. The van der Waals surface area contributed by atoms with Gasteiger partial charge < -0.3 is 24.3 Å². The highest BCUT2D eigenvalue weighted by molar-refractivity contribution is 5.97. The van der Waals surface area contributed by atoms with E-state index >= 15 is 0 Å². The largest absolute Gasteiger partial charge is 0.493 e. The second-order valence-corrected chi connectivity index (χ2v) is 9.51. The molecule has 0 spiro atoms. The van der Waals surface area contributed by atoms with E-state index in [4.69, 9.17) is 9.47 Å². The molecule has 2 aliphatic heterocycles. The molecule has 2 aliphatic rings. The third kappa shape index (κ3) is 3.91. The number of amides is 2. The number of ether oxygens (including phenoxy) is 2. The molecule has 3 heterocycles. The van der Waals surface area contributed by atoms with Crippen molar-refractivity contribution >= 4 is 22.7 Å². The van der Waals surface area contributed by atoms with Crippen LogP contribution in [0.15, 0.2) is 72.8 Å². The van der Waals surface area contributed by atoms with Crippen LogP contribution >= 0.6 is 0 Å². The van der Waals surface area contributed by atoms with Gasteiger partial charge in [0.15, 0.2) is 11.5 Å². The minimum Gasteiger partial charge on any atom is -0.493 e. The Morgan fingerprint density at radius 3 is 2.54 bits per heavy atom. The number of piperazine rings is 1. The Bertz CT molecular complexity index is 1480. The van der Waals surface area contributed by atoms with Crippen LogP contribution in [0.4, 0.5) is 0 Å². The van der Waals surface area contributed by atoms with Gasteiger partial charge in [0, 0.05) is 29.6 Å². The van der Waals surface area contributed by atoms with E-state index in [1.165, 1.54) is 0 Å². The minimum atomic E-state index is -0.584. The number of para-hydroxylation sites is 1. The molecule has 1 saturated heterocycles. The molecule has 1 unspecified atom stereocenters. The molecule has 7 nitrogen and oxygen atoms in total. The fourth-order valence-electron chi connectivity index (χ4n) is 5.74. The van der Waals surface area contributed by atoms with E-state index in [0.29, 0.717) is 31.1 Å². The van der Waals surface area contributed by atoms with E-state index in [1.54, 1.807) is 16.9 Å². The molecule has 2 atom stereocenters. The lowest BCUT2D eigenvalue weighted by molar-refractivity contribution is -0.159. The molecule has 6 rings (SSSR count). The summed E-state index contributed by atoms with van der Waals surface area (Å²) >= 11 is 0. The number of fused-ring (bicyclic) bond motifs is 4. The summed E-state index contributed by atoms with van der Waals surface area (Å²) in [4.78, 5) is 34.7. The first-order valence-corrected chi connectivity index (χ1v) is 12.6. The second kappa shape index (κ2) is 9.32. The van der Waals surface area contributed by atoms with Crippen LogP contribution < -0.4 is 9.47 Å². The first-order chi connectivity index (χ1) is 18.1. The van der Waals surface area contributed by atoms with Gasteiger partial charge in [0.25, 0.3) is 0 Å². The van der Waals surface area contributed by atoms with Gasteiger partial charge in [0.1, 0.15) is 12.6 Å². The first-order valence-electron chi connectivity index (χ1n) is 12.6. The highest BCUT2D eigenvalue weighted by Crippen LogP contribution is 2.44. The van der Waals surface area contributed by atoms with Crippen molar-refractivity contribution in [3.05, 3.63) is 95.2 Å². The van der Waals surface area contributed by atoms with Crippen molar-refractivity contribution in [2.75, 3.05) is 20.3 Å². The maximum Gasteiger partial charge on any atom is 0.246 e. The summed E-state index contributed by atoms with van der Waals surface area (Å²) < 4.78 is 11.4. The van der Waals surface area contributed by atoms with Crippen molar-refractivity contribution in [1.82, 2.24) is 14.8 Å². The number of aromatic amines is 1. The Morgan fingerprint density at radius 1 is 0.973 bits per heavy atom. The monoisotopic (exact) mass is 495 g/mol. The molecular weight excluding hydrogens is 466 g/mol. The standard InChI is InChI=1S/C30H29N3O4/c1-3-37-25-14-13-20(15-26(25)36-2)29-28-22(21-11-7-8-12-23(21)31-28)16-24-30(35)32(18-27(34)33(24)29)17-19-9-5-4-6-10-19/h4-15,24,29,31H,3,16-18H2,1-2H3/t24-,29?/m0/s1. The zero-order chi connectivity index (χ0) is 25.5. The third-order valence-electron chi connectivity index (χ3n) is 7.36. The zero-order valence-corrected chi connectivity index (χ0v) is 20.9. The Kier molecular flexibility index (Phi) is 5.83. The number of methoxy groups -OCH3 is 1. The molecule has 0 radical (unpaired) electrons. The van der Waals surface area contributed by atoms with Gasteiger partial charge in [-0.3, -0.25) is 9.59 Å². The topological polar surface area (TPSA) is 74.9 Å². The van der Waals surface area contributed by atoms with Crippen molar-refractivity contribution in [1.29, 1.82) is 0 Å². The SMILES string of the molecule is CCOc1ccc(C2c3[nH]c4ccccc4c3C[C@H]3C(=O)N(Cc4ccccc4)CC(=O)N23)cc1OC. The number of nitrogens with one attached hydrogen (secondary N) is 1. The lowest BCUT2D eigenvalue weighted by Crippen LogP contribution is -2.62. The van der Waals surface area contributed by atoms with Crippen molar-refractivity contribution in [3.63, 3.8) is 0 Å². The molecule has 4 aromatic rings. The number of benzene rings is 3. The minimum absolute atomic E-state index is 0.0257. The first kappa shape index (κ1) is 23.2. The summed E-state index contributed by atoms with van der Waals surface area (Å²) in [5, 5.41) is 1.08. The Morgan fingerprint density at radius 2 is 1.76 bits per heavy atom. The van der Waals surface area contributed by atoms with E-state index in [9.17, 15) is 9.59 Å². The number of rotatable bonds is 6. The Labute approximate surface area is 215 Å². The van der Waals surface area contributed by atoms with Crippen LogP contribution in [-0.4, -0.2) is 52.9 Å². The van der Waals surface area contributed by atoms with Crippen LogP contribution in [0.25, 0.3) is 10.9 Å². The third-order valence-corrected chi connectivity index (χ3v) is 7.36. The smallest absolute Gasteiger partial charge is 0.246 e. The number of carbonyl (C=O) groups is 2. The second-order valence-electron chi connectivity index (χ2n) is 9.51. The predicted octanol–water partition coefficient (Wildman–Crippen LogP) is 4.46. The van der Waals surface area contributed by atoms with E-state index in [-0.39, 0.29) is 18.4 Å². The molecule has 1 aromatic heterocycles. The molecule has 188 valence electrons. The number of hydrogen-bond donors (Lipinski definition) is 1. The maximum atomic E-state index is 13.9. The van der Waals surface area contributed by atoms with E-state index in [0.717, 1.165) is 33.3 Å². The van der Waals surface area contributed by atoms with Crippen LogP contribution in [0.1, 0.15) is 35.3 Å². The summed E-state index contributed by atoms with van der Waals surface area (Å²) in [6.45, 7) is 2.90. The van der Waals surface area contributed by atoms with Gasteiger partial charge in [-0.15, -0.1) is 0 Å². The van der Waals surface area contributed by atoms with Crippen molar-refractivity contribution < 1.29 is 19.1 Å². The number of aromatic nitrogens is 1. The fourth-order valence-corrected chi connectivity index (χ4v) is 5.74. The van der Waals surface area contributed by atoms with Gasteiger partial charge in [-0.1, -0.05) is 54.6 Å². The van der Waals surface area contributed by atoms with Crippen molar-refractivity contribution in [2.24, 2.45) is 0 Å². The Hall–Kier alpha value is -4.26. The number of hydrogen-bond acceptors (Lipinski definition) is 4. The normalized spacial score (nSPS) is 19.1. The summed E-state index contributed by atoms with van der Waals surface area (Å²) in [7, 11) is 1.61. The number of nitrogens with zero attached hydrogens (tertiary/aromatic N) is 2. The number of H-pyrrole nitrogens is 1. The summed E-state index contributed by atoms with van der Waals surface area (Å²) in [6, 6.07) is 22.7. The van der Waals surface area contributed by atoms with Crippen molar-refractivity contribution in [3.8, 4) is 11.5 Å². The summed E-state index contributed by atoms with van der Waals surface area (Å²) in [5.74, 6) is 1.15. The molecule has 0 bridgehead atoms. The lowest BCUT2D eigenvalue weighted by atomic mass is 9.86. The average molecular weight is 496 g/mol. The number of carbonyl (C=O) groups excluding carboxylic acids is 2. The average Bonchev–Trinajstić information content (AvgIpc) is 3.30. The Balaban J connectivity index is 1.46. The zero-order valence-electron chi connectivity index (χ0n) is 20.9. The molecule has 3 aromatic carbocycles. The van der Waals surface area contributed by atoms with E-state index in [1.807, 2.05) is 73.7 Å². The van der Waals surface area contributed by atoms with Crippen LogP contribution in [0.3, 0.4) is 0 Å². The van der Waals surface area contributed by atoms with Crippen LogP contribution in [0, 0.1) is 0 Å². The van der Waals surface area contributed by atoms with Crippen molar-refractivity contribution in [2.45, 2.75) is 32.0 Å². The van der Waals surface area contributed by atoms with Crippen LogP contribution in [0.2, 0.25) is 0 Å². The predicted molar refractivity (Wildman–Crippen MR) is 141 cm³/mol. The van der Waals surface area contributed by atoms with Crippen LogP contribution in [-0.2, 0) is 22.6 Å². The molecule has 37 heavy (non-hydrogen) atoms. The van der Waals surface area contributed by atoms with Gasteiger partial charge in [-0.2, -0.15) is 0 Å². The maximum absolute atomic E-state index is 13.9. The summed E-state index contributed by atoms with van der Waals surface area (Å²) in [6.07, 6.45) is 0.472. The molecule has 2 amide bonds. The molecule has 0 aliphatic carbocycles. The summed E-state index contributed by atoms with van der Waals surface area (Å²) in [5.41, 5.74) is 4.90. The van der Waals surface area contributed by atoms with Gasteiger partial charge in [0.2, 0.25) is 11.8 Å². The quantitative estimate of drug-likeness (QED) is 0.429. The van der Waals surface area contributed by atoms with Crippen LogP contribution in [0.5, 0.6) is 11.5 Å². The molecular formula is C30H29N3O4. The van der Waals surface area contributed by atoms with E-state index in [2.05, 4.69) is 11.1 Å². The molecule has 1 fully saturated rings. The fraction of sp³-hybridized carbons (Fsp3) is 0.267.